The summed E-state index contributed by atoms with van der Waals surface area (Å²) in [6.45, 7) is 7.11. The number of carbonyl (C=O) groups is 1. The highest BCUT2D eigenvalue weighted by molar-refractivity contribution is 5.82. The Hall–Kier alpha value is -2.27. The van der Waals surface area contributed by atoms with Gasteiger partial charge in [-0.15, -0.1) is 0 Å². The fourth-order valence-corrected chi connectivity index (χ4v) is 3.79. The third kappa shape index (κ3) is 3.04. The molecule has 2 aromatic rings. The highest BCUT2D eigenvalue weighted by atomic mass is 16.2. The maximum absolute atomic E-state index is 13.0. The summed E-state index contributed by atoms with van der Waals surface area (Å²) in [5, 5.41) is 0. The summed E-state index contributed by atoms with van der Waals surface area (Å²) in [6, 6.07) is 8.43. The van der Waals surface area contributed by atoms with Crippen molar-refractivity contribution in [3.8, 4) is 0 Å². The molecule has 2 aliphatic heterocycles. The van der Waals surface area contributed by atoms with Gasteiger partial charge < -0.3 is 4.90 Å². The Kier molecular flexibility index (Phi) is 4.25. The maximum atomic E-state index is 13.0. The van der Waals surface area contributed by atoms with Gasteiger partial charge in [-0.2, -0.15) is 0 Å². The fourth-order valence-electron chi connectivity index (χ4n) is 3.79. The van der Waals surface area contributed by atoms with Gasteiger partial charge in [0.05, 0.1) is 18.3 Å². The number of aromatic nitrogens is 2. The van der Waals surface area contributed by atoms with Gasteiger partial charge in [0.15, 0.2) is 0 Å². The lowest BCUT2D eigenvalue weighted by Gasteiger charge is -2.34. The van der Waals surface area contributed by atoms with E-state index in [0.717, 1.165) is 43.0 Å². The Morgan fingerprint density at radius 1 is 1.16 bits per heavy atom. The molecule has 0 N–H and O–H groups in total. The summed E-state index contributed by atoms with van der Waals surface area (Å²) < 4.78 is 0. The van der Waals surface area contributed by atoms with E-state index in [1.165, 1.54) is 11.1 Å². The summed E-state index contributed by atoms with van der Waals surface area (Å²) in [6.07, 6.45) is 3.72. The molecule has 130 valence electrons. The average molecular weight is 336 g/mol. The minimum Gasteiger partial charge on any atom is -0.331 e. The Labute approximate surface area is 148 Å². The molecule has 0 bridgehead atoms. The molecule has 1 amide bonds. The lowest BCUT2D eigenvalue weighted by Crippen LogP contribution is -2.47. The highest BCUT2D eigenvalue weighted by Gasteiger charge is 2.32. The number of hydrogen-bond donors (Lipinski definition) is 0. The molecule has 0 spiro atoms. The van der Waals surface area contributed by atoms with Gasteiger partial charge in [0.2, 0.25) is 5.91 Å². The Morgan fingerprint density at radius 2 is 1.96 bits per heavy atom. The van der Waals surface area contributed by atoms with Crippen molar-refractivity contribution in [1.29, 1.82) is 0 Å². The van der Waals surface area contributed by atoms with Gasteiger partial charge in [0.1, 0.15) is 5.82 Å². The molecular formula is C20H24N4O. The Morgan fingerprint density at radius 3 is 2.76 bits per heavy atom. The van der Waals surface area contributed by atoms with Gasteiger partial charge in [-0.3, -0.25) is 9.69 Å². The average Bonchev–Trinajstić information content (AvgIpc) is 3.09. The number of aryl methyl sites for hydroxylation is 1. The molecule has 5 heteroatoms. The van der Waals surface area contributed by atoms with Crippen molar-refractivity contribution in [2.24, 2.45) is 0 Å². The first-order chi connectivity index (χ1) is 12.2. The first-order valence-electron chi connectivity index (χ1n) is 9.09. The zero-order valence-electron chi connectivity index (χ0n) is 14.9. The molecule has 5 nitrogen and oxygen atoms in total. The molecule has 0 radical (unpaired) electrons. The standard InChI is InChI=1S/C20H24N4O/c1-3-19-21-10-17-12-24(13-18(17)22-19)20(25)14(2)23-9-8-15-6-4-5-7-16(15)11-23/h4-7,10,14H,3,8-9,11-13H2,1-2H3/t14-/m0/s1. The van der Waals surface area contributed by atoms with E-state index in [0.29, 0.717) is 13.1 Å². The monoisotopic (exact) mass is 336 g/mol. The smallest absolute Gasteiger partial charge is 0.240 e. The van der Waals surface area contributed by atoms with Gasteiger partial charge in [-0.25, -0.2) is 9.97 Å². The molecule has 3 heterocycles. The summed E-state index contributed by atoms with van der Waals surface area (Å²) in [7, 11) is 0. The molecular weight excluding hydrogens is 312 g/mol. The Balaban J connectivity index is 1.45. The van der Waals surface area contributed by atoms with Crippen LogP contribution in [0.3, 0.4) is 0 Å². The quantitative estimate of drug-likeness (QED) is 0.863. The second-order valence-electron chi connectivity index (χ2n) is 6.97. The number of fused-ring (bicyclic) bond motifs is 2. The third-order valence-corrected chi connectivity index (χ3v) is 5.40. The zero-order chi connectivity index (χ0) is 17.4. The van der Waals surface area contributed by atoms with E-state index in [4.69, 9.17) is 0 Å². The predicted octanol–water partition coefficient (Wildman–Crippen LogP) is 2.33. The number of benzene rings is 1. The van der Waals surface area contributed by atoms with E-state index in [-0.39, 0.29) is 11.9 Å². The van der Waals surface area contributed by atoms with E-state index >= 15 is 0 Å². The molecule has 1 aromatic carbocycles. The highest BCUT2D eigenvalue weighted by Crippen LogP contribution is 2.25. The van der Waals surface area contributed by atoms with E-state index in [1.54, 1.807) is 0 Å². The van der Waals surface area contributed by atoms with Crippen LogP contribution in [0.5, 0.6) is 0 Å². The second-order valence-corrected chi connectivity index (χ2v) is 6.97. The van der Waals surface area contributed by atoms with Crippen molar-refractivity contribution in [2.75, 3.05) is 6.54 Å². The molecule has 0 saturated heterocycles. The first-order valence-corrected chi connectivity index (χ1v) is 9.09. The number of hydrogen-bond acceptors (Lipinski definition) is 4. The van der Waals surface area contributed by atoms with Crippen molar-refractivity contribution in [2.45, 2.75) is 52.4 Å². The van der Waals surface area contributed by atoms with Crippen molar-refractivity contribution in [1.82, 2.24) is 19.8 Å². The molecule has 25 heavy (non-hydrogen) atoms. The van der Waals surface area contributed by atoms with Crippen LogP contribution in [-0.4, -0.2) is 38.3 Å². The molecule has 1 aromatic heterocycles. The largest absolute Gasteiger partial charge is 0.331 e. The molecule has 0 fully saturated rings. The summed E-state index contributed by atoms with van der Waals surface area (Å²) in [4.78, 5) is 26.2. The first kappa shape index (κ1) is 16.2. The second kappa shape index (κ2) is 6.56. The van der Waals surface area contributed by atoms with Crippen LogP contribution in [0.1, 0.15) is 42.1 Å². The van der Waals surface area contributed by atoms with Crippen LogP contribution < -0.4 is 0 Å². The van der Waals surface area contributed by atoms with Crippen LogP contribution >= 0.6 is 0 Å². The molecule has 4 rings (SSSR count). The minimum atomic E-state index is -0.110. The molecule has 0 unspecified atom stereocenters. The van der Waals surface area contributed by atoms with Crippen LogP contribution in [0, 0.1) is 0 Å². The molecule has 0 saturated carbocycles. The third-order valence-electron chi connectivity index (χ3n) is 5.40. The van der Waals surface area contributed by atoms with Crippen molar-refractivity contribution in [3.05, 3.63) is 58.7 Å². The lowest BCUT2D eigenvalue weighted by molar-refractivity contribution is -0.137. The topological polar surface area (TPSA) is 49.3 Å². The normalized spacial score (nSPS) is 17.9. The number of carbonyl (C=O) groups excluding carboxylic acids is 1. The lowest BCUT2D eigenvalue weighted by atomic mass is 9.98. The van der Waals surface area contributed by atoms with Gasteiger partial charge >= 0.3 is 0 Å². The van der Waals surface area contributed by atoms with Crippen molar-refractivity contribution in [3.63, 3.8) is 0 Å². The number of rotatable bonds is 3. The van der Waals surface area contributed by atoms with Crippen LogP contribution in [0.15, 0.2) is 30.5 Å². The fraction of sp³-hybridized carbons (Fsp3) is 0.450. The molecule has 1 atom stereocenters. The summed E-state index contributed by atoms with van der Waals surface area (Å²) >= 11 is 0. The van der Waals surface area contributed by atoms with Gasteiger partial charge in [0.25, 0.3) is 0 Å². The zero-order valence-corrected chi connectivity index (χ0v) is 14.9. The predicted molar refractivity (Wildman–Crippen MR) is 95.7 cm³/mol. The van der Waals surface area contributed by atoms with Crippen LogP contribution in [0.25, 0.3) is 0 Å². The number of amides is 1. The summed E-state index contributed by atoms with van der Waals surface area (Å²) in [5.41, 5.74) is 4.85. The molecule has 0 aliphatic carbocycles. The van der Waals surface area contributed by atoms with E-state index in [1.807, 2.05) is 18.0 Å². The van der Waals surface area contributed by atoms with Gasteiger partial charge in [0, 0.05) is 37.8 Å². The SMILES string of the molecule is CCc1ncc2c(n1)CN(C(=O)[C@H](C)N1CCc3ccccc3C1)C2. The van der Waals surface area contributed by atoms with Crippen molar-refractivity contribution >= 4 is 5.91 Å². The van der Waals surface area contributed by atoms with Crippen LogP contribution in [-0.2, 0) is 37.3 Å². The van der Waals surface area contributed by atoms with Crippen LogP contribution in [0.2, 0.25) is 0 Å². The van der Waals surface area contributed by atoms with Crippen LogP contribution in [0.4, 0.5) is 0 Å². The van der Waals surface area contributed by atoms with Crippen molar-refractivity contribution < 1.29 is 4.79 Å². The van der Waals surface area contributed by atoms with E-state index in [9.17, 15) is 4.79 Å². The van der Waals surface area contributed by atoms with Gasteiger partial charge in [-0.1, -0.05) is 31.2 Å². The van der Waals surface area contributed by atoms with E-state index in [2.05, 4.69) is 46.1 Å². The maximum Gasteiger partial charge on any atom is 0.240 e. The van der Waals surface area contributed by atoms with Gasteiger partial charge in [-0.05, 0) is 24.5 Å². The minimum absolute atomic E-state index is 0.110. The molecule has 2 aliphatic rings. The summed E-state index contributed by atoms with van der Waals surface area (Å²) in [5.74, 6) is 1.05. The number of nitrogens with zero attached hydrogens (tertiary/aromatic N) is 4. The Bertz CT molecular complexity index is 804. The van der Waals surface area contributed by atoms with E-state index < -0.39 is 0 Å².